The minimum absolute atomic E-state index is 0.111. The number of carbonyl (C=O) groups excluding carboxylic acids is 1. The van der Waals surface area contributed by atoms with Gasteiger partial charge in [-0.1, -0.05) is 26.7 Å². The van der Waals surface area contributed by atoms with E-state index in [4.69, 9.17) is 0 Å². The van der Waals surface area contributed by atoms with Crippen molar-refractivity contribution in [1.82, 2.24) is 10.2 Å². The summed E-state index contributed by atoms with van der Waals surface area (Å²) < 4.78 is 0. The molecule has 1 aliphatic carbocycles. The average Bonchev–Trinajstić information content (AvgIpc) is 2.66. The molecule has 0 unspecified atom stereocenters. The van der Waals surface area contributed by atoms with Crippen LogP contribution in [0.4, 0.5) is 11.4 Å². The van der Waals surface area contributed by atoms with Gasteiger partial charge in [0.1, 0.15) is 0 Å². The summed E-state index contributed by atoms with van der Waals surface area (Å²) in [6.07, 6.45) is 3.55. The number of piperazine rings is 1. The third kappa shape index (κ3) is 4.97. The number of carbonyl (C=O) groups is 1. The minimum atomic E-state index is -0.381. The monoisotopic (exact) mass is 374 g/mol. The number of anilines is 1. The van der Waals surface area contributed by atoms with E-state index in [0.29, 0.717) is 24.4 Å². The van der Waals surface area contributed by atoms with Crippen molar-refractivity contribution in [3.8, 4) is 0 Å². The van der Waals surface area contributed by atoms with Gasteiger partial charge in [0, 0.05) is 50.0 Å². The van der Waals surface area contributed by atoms with Gasteiger partial charge >= 0.3 is 0 Å². The molecule has 1 saturated heterocycles. The number of nitrogens with one attached hydrogen (secondary N) is 1. The standard InChI is InChI=1S/C20H30N4O3/c1-15-4-3-5-19(16(15)2)21-20(25)14-22-10-12-23(13-11-22)17-6-8-18(9-7-17)24(26)27/h6-9,15-16,19H,3-5,10-14H2,1-2H3,(H,21,25)/t15-,16-,19-/m1/s1. The molecule has 1 amide bonds. The molecular weight excluding hydrogens is 344 g/mol. The summed E-state index contributed by atoms with van der Waals surface area (Å²) in [4.78, 5) is 27.2. The van der Waals surface area contributed by atoms with Crippen LogP contribution < -0.4 is 10.2 Å². The highest BCUT2D eigenvalue weighted by molar-refractivity contribution is 5.78. The van der Waals surface area contributed by atoms with Crippen molar-refractivity contribution in [3.05, 3.63) is 34.4 Å². The zero-order chi connectivity index (χ0) is 19.4. The average molecular weight is 374 g/mol. The zero-order valence-electron chi connectivity index (χ0n) is 16.3. The van der Waals surface area contributed by atoms with Crippen LogP contribution in [-0.2, 0) is 4.79 Å². The Morgan fingerprint density at radius 2 is 1.81 bits per heavy atom. The second-order valence-corrected chi connectivity index (χ2v) is 7.98. The van der Waals surface area contributed by atoms with Crippen molar-refractivity contribution in [2.45, 2.75) is 39.2 Å². The lowest BCUT2D eigenvalue weighted by atomic mass is 9.78. The highest BCUT2D eigenvalue weighted by Crippen LogP contribution is 2.29. The molecule has 7 nitrogen and oxygen atoms in total. The van der Waals surface area contributed by atoms with E-state index in [1.54, 1.807) is 24.3 Å². The SMILES string of the molecule is C[C@@H]1[C@H](C)CCC[C@H]1NC(=O)CN1CCN(c2ccc([N+](=O)[O-])cc2)CC1. The molecule has 1 aromatic rings. The van der Waals surface area contributed by atoms with Crippen LogP contribution in [0.5, 0.6) is 0 Å². The first-order valence-electron chi connectivity index (χ1n) is 9.95. The normalized spacial score (nSPS) is 26.6. The lowest BCUT2D eigenvalue weighted by molar-refractivity contribution is -0.384. The molecule has 148 valence electrons. The fourth-order valence-electron chi connectivity index (χ4n) is 4.19. The Bertz CT molecular complexity index is 656. The largest absolute Gasteiger partial charge is 0.369 e. The molecule has 1 heterocycles. The highest BCUT2D eigenvalue weighted by atomic mass is 16.6. The van der Waals surface area contributed by atoms with Crippen LogP contribution in [0.3, 0.4) is 0 Å². The van der Waals surface area contributed by atoms with E-state index >= 15 is 0 Å². The molecule has 2 aliphatic rings. The fraction of sp³-hybridized carbons (Fsp3) is 0.650. The molecule has 1 aromatic carbocycles. The second-order valence-electron chi connectivity index (χ2n) is 7.98. The zero-order valence-corrected chi connectivity index (χ0v) is 16.3. The molecule has 1 aliphatic heterocycles. The van der Waals surface area contributed by atoms with Crippen LogP contribution in [-0.4, -0.2) is 54.5 Å². The van der Waals surface area contributed by atoms with Crippen LogP contribution in [0.15, 0.2) is 24.3 Å². The van der Waals surface area contributed by atoms with E-state index in [-0.39, 0.29) is 16.5 Å². The summed E-state index contributed by atoms with van der Waals surface area (Å²) >= 11 is 0. The van der Waals surface area contributed by atoms with Crippen molar-refractivity contribution in [1.29, 1.82) is 0 Å². The first kappa shape index (κ1) is 19.6. The summed E-state index contributed by atoms with van der Waals surface area (Å²) in [5.41, 5.74) is 1.11. The number of non-ortho nitro benzene ring substituents is 1. The Kier molecular flexibility index (Phi) is 6.31. The van der Waals surface area contributed by atoms with Crippen molar-refractivity contribution >= 4 is 17.3 Å². The molecule has 3 atom stereocenters. The van der Waals surface area contributed by atoms with E-state index in [0.717, 1.165) is 38.3 Å². The Morgan fingerprint density at radius 3 is 2.44 bits per heavy atom. The number of nitro benzene ring substituents is 1. The molecule has 0 aromatic heterocycles. The van der Waals surface area contributed by atoms with Gasteiger partial charge < -0.3 is 10.2 Å². The fourth-order valence-corrected chi connectivity index (χ4v) is 4.19. The first-order valence-corrected chi connectivity index (χ1v) is 9.95. The third-order valence-corrected chi connectivity index (χ3v) is 6.22. The van der Waals surface area contributed by atoms with Gasteiger partial charge in [0.2, 0.25) is 5.91 Å². The molecule has 27 heavy (non-hydrogen) atoms. The van der Waals surface area contributed by atoms with Crippen molar-refractivity contribution < 1.29 is 9.72 Å². The van der Waals surface area contributed by atoms with Gasteiger partial charge in [0.25, 0.3) is 5.69 Å². The van der Waals surface area contributed by atoms with E-state index in [1.807, 2.05) is 0 Å². The van der Waals surface area contributed by atoms with Gasteiger partial charge in [-0.2, -0.15) is 0 Å². The van der Waals surface area contributed by atoms with Gasteiger partial charge in [-0.3, -0.25) is 19.8 Å². The molecule has 0 radical (unpaired) electrons. The molecule has 1 N–H and O–H groups in total. The Balaban J connectivity index is 1.45. The molecule has 0 bridgehead atoms. The number of amides is 1. The van der Waals surface area contributed by atoms with Crippen molar-refractivity contribution in [3.63, 3.8) is 0 Å². The van der Waals surface area contributed by atoms with Gasteiger partial charge in [0.05, 0.1) is 11.5 Å². The molecular formula is C20H30N4O3. The highest BCUT2D eigenvalue weighted by Gasteiger charge is 2.29. The number of hydrogen-bond donors (Lipinski definition) is 1. The molecule has 7 heteroatoms. The van der Waals surface area contributed by atoms with Gasteiger partial charge in [-0.15, -0.1) is 0 Å². The van der Waals surface area contributed by atoms with Crippen LogP contribution in [0, 0.1) is 22.0 Å². The summed E-state index contributed by atoms with van der Waals surface area (Å²) in [5.74, 6) is 1.35. The molecule has 1 saturated carbocycles. The van der Waals surface area contributed by atoms with Gasteiger partial charge in [-0.05, 0) is 30.4 Å². The minimum Gasteiger partial charge on any atom is -0.369 e. The van der Waals surface area contributed by atoms with Gasteiger partial charge in [0.15, 0.2) is 0 Å². The summed E-state index contributed by atoms with van der Waals surface area (Å²) in [6, 6.07) is 6.99. The predicted molar refractivity (Wildman–Crippen MR) is 106 cm³/mol. The molecule has 2 fully saturated rings. The summed E-state index contributed by atoms with van der Waals surface area (Å²) in [7, 11) is 0. The van der Waals surface area contributed by atoms with Crippen LogP contribution in [0.25, 0.3) is 0 Å². The van der Waals surface area contributed by atoms with E-state index in [9.17, 15) is 14.9 Å². The van der Waals surface area contributed by atoms with Crippen LogP contribution in [0.2, 0.25) is 0 Å². The van der Waals surface area contributed by atoms with Crippen LogP contribution >= 0.6 is 0 Å². The summed E-state index contributed by atoms with van der Waals surface area (Å²) in [6.45, 7) is 8.26. The number of rotatable bonds is 5. The Labute approximate surface area is 160 Å². The first-order chi connectivity index (χ1) is 12.9. The van der Waals surface area contributed by atoms with E-state index in [2.05, 4.69) is 29.0 Å². The lowest BCUT2D eigenvalue weighted by Crippen LogP contribution is -2.52. The lowest BCUT2D eigenvalue weighted by Gasteiger charge is -2.37. The molecule has 3 rings (SSSR count). The summed E-state index contributed by atoms with van der Waals surface area (Å²) in [5, 5.41) is 14.0. The van der Waals surface area contributed by atoms with E-state index < -0.39 is 0 Å². The quantitative estimate of drug-likeness (QED) is 0.633. The number of benzene rings is 1. The molecule has 0 spiro atoms. The Morgan fingerprint density at radius 1 is 1.15 bits per heavy atom. The maximum atomic E-state index is 12.5. The van der Waals surface area contributed by atoms with Crippen molar-refractivity contribution in [2.24, 2.45) is 11.8 Å². The smallest absolute Gasteiger partial charge is 0.269 e. The third-order valence-electron chi connectivity index (χ3n) is 6.22. The maximum absolute atomic E-state index is 12.5. The van der Waals surface area contributed by atoms with Crippen molar-refractivity contribution in [2.75, 3.05) is 37.6 Å². The number of nitro groups is 1. The topological polar surface area (TPSA) is 78.7 Å². The van der Waals surface area contributed by atoms with E-state index in [1.165, 1.54) is 12.8 Å². The number of hydrogen-bond acceptors (Lipinski definition) is 5. The maximum Gasteiger partial charge on any atom is 0.269 e. The van der Waals surface area contributed by atoms with Crippen LogP contribution in [0.1, 0.15) is 33.1 Å². The predicted octanol–water partition coefficient (Wildman–Crippen LogP) is 2.66. The number of nitrogens with zero attached hydrogens (tertiary/aromatic N) is 3. The Hall–Kier alpha value is -2.15. The second kappa shape index (κ2) is 8.69. The van der Waals surface area contributed by atoms with Gasteiger partial charge in [-0.25, -0.2) is 0 Å².